The molecule has 0 spiro atoms. The molecule has 0 unspecified atom stereocenters. The van der Waals surface area contributed by atoms with Crippen LogP contribution in [0.2, 0.25) is 0 Å². The van der Waals surface area contributed by atoms with Crippen LogP contribution in [0, 0.1) is 12.7 Å². The summed E-state index contributed by atoms with van der Waals surface area (Å²) in [6.07, 6.45) is 2.19. The second-order valence-corrected chi connectivity index (χ2v) is 6.53. The molecule has 0 amide bonds. The van der Waals surface area contributed by atoms with Gasteiger partial charge in [0.2, 0.25) is 0 Å². The molecule has 3 rings (SSSR count). The Kier molecular flexibility index (Phi) is 5.72. The minimum atomic E-state index is -0.231. The first-order valence-electron chi connectivity index (χ1n) is 8.70. The molecular formula is C23H20FNS. The Morgan fingerprint density at radius 2 is 1.62 bits per heavy atom. The molecule has 3 heteroatoms. The van der Waals surface area contributed by atoms with Gasteiger partial charge in [-0.05, 0) is 71.6 Å². The molecule has 3 aromatic carbocycles. The van der Waals surface area contributed by atoms with Crippen molar-refractivity contribution in [3.63, 3.8) is 0 Å². The van der Waals surface area contributed by atoms with Gasteiger partial charge in [0, 0.05) is 5.56 Å². The topological polar surface area (TPSA) is 12.4 Å². The molecule has 130 valence electrons. The lowest BCUT2D eigenvalue weighted by molar-refractivity contribution is 0.632. The number of halogens is 1. The average molecular weight is 361 g/mol. The van der Waals surface area contributed by atoms with Gasteiger partial charge in [0.15, 0.2) is 0 Å². The van der Waals surface area contributed by atoms with E-state index in [1.165, 1.54) is 5.56 Å². The van der Waals surface area contributed by atoms with E-state index in [0.29, 0.717) is 5.56 Å². The highest BCUT2D eigenvalue weighted by Gasteiger charge is 2.09. The van der Waals surface area contributed by atoms with E-state index >= 15 is 0 Å². The van der Waals surface area contributed by atoms with Crippen LogP contribution >= 0.6 is 12.2 Å². The van der Waals surface area contributed by atoms with Gasteiger partial charge in [0.1, 0.15) is 5.82 Å². The van der Waals surface area contributed by atoms with Crippen LogP contribution in [-0.4, -0.2) is 5.16 Å². The predicted octanol–water partition coefficient (Wildman–Crippen LogP) is 7.15. The van der Waals surface area contributed by atoms with Crippen LogP contribution in [0.3, 0.4) is 0 Å². The number of benzene rings is 3. The van der Waals surface area contributed by atoms with E-state index in [1.807, 2.05) is 37.3 Å². The fourth-order valence-electron chi connectivity index (χ4n) is 3.08. The van der Waals surface area contributed by atoms with Gasteiger partial charge in [-0.1, -0.05) is 55.8 Å². The van der Waals surface area contributed by atoms with E-state index in [4.69, 9.17) is 0 Å². The average Bonchev–Trinajstić information content (AvgIpc) is 2.64. The van der Waals surface area contributed by atoms with Crippen molar-refractivity contribution in [2.24, 2.45) is 4.99 Å². The van der Waals surface area contributed by atoms with Crippen molar-refractivity contribution >= 4 is 23.1 Å². The summed E-state index contributed by atoms with van der Waals surface area (Å²) in [6, 6.07) is 19.4. The minimum absolute atomic E-state index is 0.231. The SMILES string of the molecule is CCCc1ccc(-c2ccc(-c3ccc(N=C=S)c(C)c3)c(F)c2)cc1. The second kappa shape index (κ2) is 8.18. The van der Waals surface area contributed by atoms with Gasteiger partial charge in [0.05, 0.1) is 10.8 Å². The van der Waals surface area contributed by atoms with Crippen molar-refractivity contribution in [1.82, 2.24) is 0 Å². The van der Waals surface area contributed by atoms with Gasteiger partial charge in [-0.2, -0.15) is 4.99 Å². The number of rotatable bonds is 5. The quantitative estimate of drug-likeness (QED) is 0.347. The van der Waals surface area contributed by atoms with Crippen molar-refractivity contribution in [2.75, 3.05) is 0 Å². The largest absolute Gasteiger partial charge is 0.206 e. The van der Waals surface area contributed by atoms with Crippen molar-refractivity contribution in [1.29, 1.82) is 0 Å². The molecule has 0 radical (unpaired) electrons. The summed E-state index contributed by atoms with van der Waals surface area (Å²) in [5.41, 5.74) is 6.32. The van der Waals surface area contributed by atoms with E-state index in [1.54, 1.807) is 6.07 Å². The maximum Gasteiger partial charge on any atom is 0.131 e. The number of hydrogen-bond donors (Lipinski definition) is 0. The van der Waals surface area contributed by atoms with Gasteiger partial charge in [0.25, 0.3) is 0 Å². The number of hydrogen-bond acceptors (Lipinski definition) is 2. The number of thiocarbonyl (C=S) groups is 1. The number of aryl methyl sites for hydroxylation is 2. The molecular weight excluding hydrogens is 341 g/mol. The van der Waals surface area contributed by atoms with Crippen molar-refractivity contribution in [3.05, 3.63) is 77.6 Å². The molecule has 0 saturated carbocycles. The fourth-order valence-corrected chi connectivity index (χ4v) is 3.18. The summed E-state index contributed by atoms with van der Waals surface area (Å²) in [5.74, 6) is -0.231. The zero-order chi connectivity index (χ0) is 18.5. The summed E-state index contributed by atoms with van der Waals surface area (Å²) in [4.78, 5) is 4.01. The van der Waals surface area contributed by atoms with E-state index < -0.39 is 0 Å². The van der Waals surface area contributed by atoms with Crippen LogP contribution < -0.4 is 0 Å². The third kappa shape index (κ3) is 3.96. The number of isothiocyanates is 1. The molecule has 0 saturated heterocycles. The molecule has 0 aliphatic heterocycles. The second-order valence-electron chi connectivity index (χ2n) is 6.35. The summed E-state index contributed by atoms with van der Waals surface area (Å²) in [5, 5.41) is 2.37. The third-order valence-corrected chi connectivity index (χ3v) is 4.56. The highest BCUT2D eigenvalue weighted by atomic mass is 32.1. The maximum absolute atomic E-state index is 14.7. The van der Waals surface area contributed by atoms with Crippen LogP contribution in [0.4, 0.5) is 10.1 Å². The molecule has 0 bridgehead atoms. The molecule has 0 aliphatic rings. The third-order valence-electron chi connectivity index (χ3n) is 4.47. The molecule has 0 fully saturated rings. The van der Waals surface area contributed by atoms with Gasteiger partial charge < -0.3 is 0 Å². The van der Waals surface area contributed by atoms with E-state index in [9.17, 15) is 4.39 Å². The first kappa shape index (κ1) is 18.2. The minimum Gasteiger partial charge on any atom is -0.206 e. The van der Waals surface area contributed by atoms with Crippen LogP contribution in [0.1, 0.15) is 24.5 Å². The summed E-state index contributed by atoms with van der Waals surface area (Å²) >= 11 is 4.65. The van der Waals surface area contributed by atoms with Crippen molar-refractivity contribution in [2.45, 2.75) is 26.7 Å². The highest BCUT2D eigenvalue weighted by Crippen LogP contribution is 2.31. The number of nitrogens with zero attached hydrogens (tertiary/aromatic N) is 1. The van der Waals surface area contributed by atoms with Gasteiger partial charge in [-0.25, -0.2) is 4.39 Å². The Morgan fingerprint density at radius 3 is 2.23 bits per heavy atom. The maximum atomic E-state index is 14.7. The van der Waals surface area contributed by atoms with E-state index in [-0.39, 0.29) is 5.82 Å². The van der Waals surface area contributed by atoms with Crippen molar-refractivity contribution in [3.8, 4) is 22.3 Å². The number of aliphatic imine (C=N–C) groups is 1. The zero-order valence-electron chi connectivity index (χ0n) is 14.9. The highest BCUT2D eigenvalue weighted by molar-refractivity contribution is 7.78. The fraction of sp³-hybridized carbons (Fsp3) is 0.174. The first-order valence-corrected chi connectivity index (χ1v) is 9.11. The lowest BCUT2D eigenvalue weighted by Gasteiger charge is -2.09. The molecule has 26 heavy (non-hydrogen) atoms. The molecule has 0 aromatic heterocycles. The Hall–Kier alpha value is -2.61. The predicted molar refractivity (Wildman–Crippen MR) is 111 cm³/mol. The van der Waals surface area contributed by atoms with Gasteiger partial charge in [-0.3, -0.25) is 0 Å². The van der Waals surface area contributed by atoms with E-state index in [2.05, 4.69) is 53.6 Å². The van der Waals surface area contributed by atoms with Gasteiger partial charge in [-0.15, -0.1) is 0 Å². The Labute approximate surface area is 159 Å². The molecule has 0 aliphatic carbocycles. The molecule has 3 aromatic rings. The van der Waals surface area contributed by atoms with Crippen LogP contribution in [0.5, 0.6) is 0 Å². The molecule has 0 heterocycles. The monoisotopic (exact) mass is 361 g/mol. The summed E-state index contributed by atoms with van der Waals surface area (Å²) in [7, 11) is 0. The molecule has 0 atom stereocenters. The van der Waals surface area contributed by atoms with Crippen LogP contribution in [-0.2, 0) is 6.42 Å². The Balaban J connectivity index is 1.92. The summed E-state index contributed by atoms with van der Waals surface area (Å²) < 4.78 is 14.7. The lowest BCUT2D eigenvalue weighted by Crippen LogP contribution is -1.88. The first-order chi connectivity index (χ1) is 12.6. The van der Waals surface area contributed by atoms with Crippen LogP contribution in [0.25, 0.3) is 22.3 Å². The van der Waals surface area contributed by atoms with Crippen LogP contribution in [0.15, 0.2) is 65.7 Å². The van der Waals surface area contributed by atoms with Crippen molar-refractivity contribution < 1.29 is 4.39 Å². The lowest BCUT2D eigenvalue weighted by atomic mass is 9.97. The smallest absolute Gasteiger partial charge is 0.131 e. The Bertz CT molecular complexity index is 970. The normalized spacial score (nSPS) is 10.4. The van der Waals surface area contributed by atoms with E-state index in [0.717, 1.165) is 40.8 Å². The van der Waals surface area contributed by atoms with Gasteiger partial charge >= 0.3 is 0 Å². The zero-order valence-corrected chi connectivity index (χ0v) is 15.7. The standard InChI is InChI=1S/C23H20FNS/c1-3-4-17-5-7-18(8-6-17)19-9-11-21(22(24)14-19)20-10-12-23(25-15-26)16(2)13-20/h5-14H,3-4H2,1-2H3. The molecule has 0 N–H and O–H groups in total. The Morgan fingerprint density at radius 1 is 0.923 bits per heavy atom. The molecule has 1 nitrogen and oxygen atoms in total. The summed E-state index contributed by atoms with van der Waals surface area (Å²) in [6.45, 7) is 4.09.